The summed E-state index contributed by atoms with van der Waals surface area (Å²) in [6.07, 6.45) is 7.89. The number of H-pyrrole nitrogens is 1. The molecule has 0 bridgehead atoms. The fraction of sp³-hybridized carbons (Fsp3) is 0.526. The molecule has 0 aromatic carbocycles. The molecule has 0 spiro atoms. The molecule has 3 aromatic heterocycles. The SMILES string of the molecule is CCCCCCCCOCn1c(Cc2cc(Br)cs2)nc2c(=O)[nH]c(N)nc21. The van der Waals surface area contributed by atoms with Gasteiger partial charge in [-0.15, -0.1) is 11.3 Å². The summed E-state index contributed by atoms with van der Waals surface area (Å²) in [5.41, 5.74) is 6.17. The highest BCUT2D eigenvalue weighted by Crippen LogP contribution is 2.23. The molecule has 0 fully saturated rings. The Kier molecular flexibility index (Phi) is 7.64. The number of fused-ring (bicyclic) bond motifs is 1. The summed E-state index contributed by atoms with van der Waals surface area (Å²) in [5.74, 6) is 0.830. The van der Waals surface area contributed by atoms with E-state index in [1.165, 1.54) is 32.1 Å². The Hall–Kier alpha value is -1.71. The Balaban J connectivity index is 1.71. The van der Waals surface area contributed by atoms with Crippen LogP contribution < -0.4 is 11.3 Å². The van der Waals surface area contributed by atoms with E-state index in [4.69, 9.17) is 10.5 Å². The first-order valence-corrected chi connectivity index (χ1v) is 11.3. The maximum Gasteiger partial charge on any atom is 0.280 e. The van der Waals surface area contributed by atoms with Crippen LogP contribution in [0.1, 0.15) is 56.2 Å². The van der Waals surface area contributed by atoms with Gasteiger partial charge in [-0.2, -0.15) is 4.98 Å². The van der Waals surface area contributed by atoms with Crippen molar-refractivity contribution in [2.24, 2.45) is 0 Å². The molecule has 28 heavy (non-hydrogen) atoms. The second-order valence-electron chi connectivity index (χ2n) is 6.79. The van der Waals surface area contributed by atoms with Crippen LogP contribution in [0, 0.1) is 0 Å². The summed E-state index contributed by atoms with van der Waals surface area (Å²) >= 11 is 5.12. The van der Waals surface area contributed by atoms with Crippen molar-refractivity contribution in [2.75, 3.05) is 12.3 Å². The van der Waals surface area contributed by atoms with Crippen LogP contribution in [0.25, 0.3) is 11.2 Å². The minimum atomic E-state index is -0.328. The number of aromatic nitrogens is 4. The average Bonchev–Trinajstić information content (AvgIpc) is 3.21. The van der Waals surface area contributed by atoms with E-state index in [2.05, 4.69) is 43.9 Å². The van der Waals surface area contributed by atoms with E-state index >= 15 is 0 Å². The van der Waals surface area contributed by atoms with Crippen LogP contribution in [-0.4, -0.2) is 26.1 Å². The van der Waals surface area contributed by atoms with E-state index in [0.29, 0.717) is 30.9 Å². The number of nitrogens with one attached hydrogen (secondary N) is 1. The normalized spacial score (nSPS) is 11.5. The molecule has 0 aliphatic heterocycles. The number of nitrogens with zero attached hydrogens (tertiary/aromatic N) is 3. The maximum absolute atomic E-state index is 12.2. The van der Waals surface area contributed by atoms with Gasteiger partial charge in [0.1, 0.15) is 12.6 Å². The molecular formula is C19H26BrN5O2S. The van der Waals surface area contributed by atoms with E-state index in [1.54, 1.807) is 11.3 Å². The zero-order valence-corrected chi connectivity index (χ0v) is 18.4. The summed E-state index contributed by atoms with van der Waals surface area (Å²) in [4.78, 5) is 24.7. The number of aromatic amines is 1. The Bertz CT molecular complexity index is 965. The lowest BCUT2D eigenvalue weighted by Crippen LogP contribution is -2.13. The van der Waals surface area contributed by atoms with Gasteiger partial charge in [0.05, 0.1) is 0 Å². The third-order valence-electron chi connectivity index (χ3n) is 4.52. The molecule has 0 aliphatic carbocycles. The highest BCUT2D eigenvalue weighted by atomic mass is 79.9. The van der Waals surface area contributed by atoms with Gasteiger partial charge < -0.3 is 10.5 Å². The molecule has 0 amide bonds. The van der Waals surface area contributed by atoms with Crippen molar-refractivity contribution in [2.45, 2.75) is 58.6 Å². The lowest BCUT2D eigenvalue weighted by atomic mass is 10.1. The molecule has 3 aromatic rings. The standard InChI is InChI=1S/C19H26BrN5O2S/c1-2-3-4-5-6-7-8-27-12-25-15(10-14-9-13(20)11-28-14)22-16-17(25)23-19(21)24-18(16)26/h9,11H,2-8,10,12H2,1H3,(H3,21,23,24,26). The van der Waals surface area contributed by atoms with Crippen LogP contribution in [0.3, 0.4) is 0 Å². The highest BCUT2D eigenvalue weighted by Gasteiger charge is 2.16. The average molecular weight is 468 g/mol. The monoisotopic (exact) mass is 467 g/mol. The van der Waals surface area contributed by atoms with Crippen molar-refractivity contribution in [1.29, 1.82) is 0 Å². The number of nitrogens with two attached hydrogens (primary N) is 1. The molecule has 0 atom stereocenters. The molecule has 9 heteroatoms. The summed E-state index contributed by atoms with van der Waals surface area (Å²) in [5, 5.41) is 2.03. The molecule has 0 unspecified atom stereocenters. The van der Waals surface area contributed by atoms with Crippen LogP contribution >= 0.6 is 27.3 Å². The van der Waals surface area contributed by atoms with Crippen molar-refractivity contribution in [3.05, 3.63) is 37.0 Å². The van der Waals surface area contributed by atoms with Gasteiger partial charge in [-0.05, 0) is 28.4 Å². The first kappa shape index (κ1) is 21.0. The molecule has 152 valence electrons. The van der Waals surface area contributed by atoms with Gasteiger partial charge in [0, 0.05) is 27.8 Å². The summed E-state index contributed by atoms with van der Waals surface area (Å²) in [7, 11) is 0. The first-order valence-electron chi connectivity index (χ1n) is 9.64. The molecule has 0 saturated heterocycles. The minimum absolute atomic E-state index is 0.0833. The molecule has 7 nitrogen and oxygen atoms in total. The largest absolute Gasteiger partial charge is 0.369 e. The van der Waals surface area contributed by atoms with Crippen LogP contribution in [-0.2, 0) is 17.9 Å². The van der Waals surface area contributed by atoms with E-state index < -0.39 is 0 Å². The Morgan fingerprint density at radius 1 is 1.25 bits per heavy atom. The van der Waals surface area contributed by atoms with Crippen LogP contribution in [0.15, 0.2) is 20.7 Å². The Morgan fingerprint density at radius 3 is 2.79 bits per heavy atom. The summed E-state index contributed by atoms with van der Waals surface area (Å²) in [6.45, 7) is 3.20. The van der Waals surface area contributed by atoms with Crippen LogP contribution in [0.5, 0.6) is 0 Å². The van der Waals surface area contributed by atoms with Crippen molar-refractivity contribution in [3.8, 4) is 0 Å². The molecule has 0 saturated carbocycles. The third kappa shape index (κ3) is 5.42. The highest BCUT2D eigenvalue weighted by molar-refractivity contribution is 9.10. The minimum Gasteiger partial charge on any atom is -0.369 e. The maximum atomic E-state index is 12.2. The number of unbranched alkanes of at least 4 members (excludes halogenated alkanes) is 5. The zero-order chi connectivity index (χ0) is 19.9. The predicted molar refractivity (Wildman–Crippen MR) is 117 cm³/mol. The Labute approximate surface area is 176 Å². The molecule has 0 aliphatic rings. The fourth-order valence-electron chi connectivity index (χ4n) is 3.09. The number of halogens is 1. The first-order chi connectivity index (χ1) is 13.6. The van der Waals surface area contributed by atoms with Gasteiger partial charge >= 0.3 is 0 Å². The Morgan fingerprint density at radius 2 is 2.04 bits per heavy atom. The molecule has 3 rings (SSSR count). The van der Waals surface area contributed by atoms with E-state index in [0.717, 1.165) is 21.6 Å². The molecular weight excluding hydrogens is 442 g/mol. The number of hydrogen-bond donors (Lipinski definition) is 2. The van der Waals surface area contributed by atoms with Crippen LogP contribution in [0.2, 0.25) is 0 Å². The van der Waals surface area contributed by atoms with E-state index in [-0.39, 0.29) is 11.5 Å². The number of ether oxygens (including phenoxy) is 1. The number of rotatable bonds is 11. The van der Waals surface area contributed by atoms with Crippen molar-refractivity contribution < 1.29 is 4.74 Å². The van der Waals surface area contributed by atoms with Crippen molar-refractivity contribution in [1.82, 2.24) is 19.5 Å². The lowest BCUT2D eigenvalue weighted by molar-refractivity contribution is 0.0744. The van der Waals surface area contributed by atoms with Gasteiger partial charge in [0.15, 0.2) is 11.2 Å². The van der Waals surface area contributed by atoms with Crippen molar-refractivity contribution >= 4 is 44.4 Å². The number of anilines is 1. The van der Waals surface area contributed by atoms with Gasteiger partial charge in [0.25, 0.3) is 5.56 Å². The van der Waals surface area contributed by atoms with Crippen LogP contribution in [0.4, 0.5) is 5.95 Å². The van der Waals surface area contributed by atoms with Gasteiger partial charge in [0.2, 0.25) is 5.95 Å². The topological polar surface area (TPSA) is 98.8 Å². The zero-order valence-electron chi connectivity index (χ0n) is 16.0. The molecule has 3 N–H and O–H groups in total. The fourth-order valence-corrected chi connectivity index (χ4v) is 4.53. The molecule has 3 heterocycles. The lowest BCUT2D eigenvalue weighted by Gasteiger charge is -2.09. The van der Waals surface area contributed by atoms with Gasteiger partial charge in [-0.1, -0.05) is 39.0 Å². The number of thiophene rings is 1. The van der Waals surface area contributed by atoms with Gasteiger partial charge in [-0.25, -0.2) is 4.98 Å². The quantitative estimate of drug-likeness (QED) is 0.405. The second kappa shape index (κ2) is 10.2. The second-order valence-corrected chi connectivity index (χ2v) is 8.70. The third-order valence-corrected chi connectivity index (χ3v) is 6.22. The smallest absolute Gasteiger partial charge is 0.280 e. The van der Waals surface area contributed by atoms with Gasteiger partial charge in [-0.3, -0.25) is 14.3 Å². The summed E-state index contributed by atoms with van der Waals surface area (Å²) < 4.78 is 8.77. The number of nitrogen functional groups attached to an aromatic ring is 1. The predicted octanol–water partition coefficient (Wildman–Crippen LogP) is 4.45. The summed E-state index contributed by atoms with van der Waals surface area (Å²) in [6, 6.07) is 2.05. The van der Waals surface area contributed by atoms with E-state index in [9.17, 15) is 4.79 Å². The van der Waals surface area contributed by atoms with E-state index in [1.807, 2.05) is 9.95 Å². The number of imidazole rings is 1. The van der Waals surface area contributed by atoms with Crippen molar-refractivity contribution in [3.63, 3.8) is 0 Å². The number of hydrogen-bond acceptors (Lipinski definition) is 6. The molecule has 0 radical (unpaired) electrons.